The van der Waals surface area contributed by atoms with Gasteiger partial charge in [0.15, 0.2) is 18.1 Å². The van der Waals surface area contributed by atoms with Crippen LogP contribution in [0.5, 0.6) is 5.75 Å². The van der Waals surface area contributed by atoms with E-state index in [-0.39, 0.29) is 23.7 Å². The molecular formula is C12H14N2O6S. The number of aliphatic hydroxyl groups excluding tert-OH is 1. The normalized spacial score (nSPS) is 15.2. The summed E-state index contributed by atoms with van der Waals surface area (Å²) in [6.45, 7) is -1.02. The number of anilines is 1. The van der Waals surface area contributed by atoms with Crippen LogP contribution in [0.4, 0.5) is 5.69 Å². The summed E-state index contributed by atoms with van der Waals surface area (Å²) in [4.78, 5) is 36.5. The van der Waals surface area contributed by atoms with Crippen molar-refractivity contribution in [2.24, 2.45) is 5.73 Å². The van der Waals surface area contributed by atoms with Crippen molar-refractivity contribution in [3.63, 3.8) is 0 Å². The maximum Gasteiger partial charge on any atom is 0.324 e. The summed E-state index contributed by atoms with van der Waals surface area (Å²) in [7, 11) is 1.19. The summed E-state index contributed by atoms with van der Waals surface area (Å²) in [5.74, 6) is -1.27. The lowest BCUT2D eigenvalue weighted by Crippen LogP contribution is -2.49. The van der Waals surface area contributed by atoms with E-state index in [0.717, 1.165) is 11.3 Å². The molecule has 2 rings (SSSR count). The SMILES string of the molecule is COC(=O)[C@@H](N)CN1C(=O)COc2csc(C(=O)CO)c21. The number of carbonyl (C=O) groups excluding carboxylic acids is 3. The Balaban J connectivity index is 2.35. The molecule has 0 saturated carbocycles. The fourth-order valence-electron chi connectivity index (χ4n) is 1.92. The maximum absolute atomic E-state index is 12.0. The van der Waals surface area contributed by atoms with Crippen LogP contribution in [0.1, 0.15) is 9.67 Å². The molecule has 0 aromatic carbocycles. The Morgan fingerprint density at radius 2 is 2.33 bits per heavy atom. The van der Waals surface area contributed by atoms with Gasteiger partial charge in [-0.1, -0.05) is 0 Å². The minimum atomic E-state index is -1.04. The van der Waals surface area contributed by atoms with Gasteiger partial charge in [-0.15, -0.1) is 11.3 Å². The predicted molar refractivity (Wildman–Crippen MR) is 73.6 cm³/mol. The number of hydrogen-bond donors (Lipinski definition) is 2. The van der Waals surface area contributed by atoms with Gasteiger partial charge in [-0.25, -0.2) is 0 Å². The lowest BCUT2D eigenvalue weighted by Gasteiger charge is -2.29. The molecule has 0 saturated heterocycles. The molecule has 0 radical (unpaired) electrons. The van der Waals surface area contributed by atoms with Gasteiger partial charge in [-0.3, -0.25) is 14.4 Å². The molecule has 1 aromatic rings. The smallest absolute Gasteiger partial charge is 0.324 e. The molecule has 0 unspecified atom stereocenters. The van der Waals surface area contributed by atoms with Crippen LogP contribution in [0.15, 0.2) is 5.38 Å². The summed E-state index contributed by atoms with van der Waals surface area (Å²) in [5, 5.41) is 10.6. The molecule has 8 nitrogen and oxygen atoms in total. The highest BCUT2D eigenvalue weighted by molar-refractivity contribution is 7.13. The molecule has 1 atom stereocenters. The fourth-order valence-corrected chi connectivity index (χ4v) is 2.84. The molecule has 0 aliphatic carbocycles. The number of aliphatic hydroxyl groups is 1. The van der Waals surface area contributed by atoms with Gasteiger partial charge in [-0.05, 0) is 0 Å². The van der Waals surface area contributed by atoms with Crippen molar-refractivity contribution in [1.82, 2.24) is 0 Å². The zero-order chi connectivity index (χ0) is 15.6. The second kappa shape index (κ2) is 6.20. The molecule has 1 aliphatic heterocycles. The van der Waals surface area contributed by atoms with Crippen molar-refractivity contribution in [1.29, 1.82) is 0 Å². The van der Waals surface area contributed by atoms with Gasteiger partial charge in [0.2, 0.25) is 0 Å². The number of amides is 1. The van der Waals surface area contributed by atoms with Crippen LogP contribution in [0.25, 0.3) is 0 Å². The first kappa shape index (κ1) is 15.4. The largest absolute Gasteiger partial charge is 0.481 e. The van der Waals surface area contributed by atoms with Crippen LogP contribution < -0.4 is 15.4 Å². The number of hydrogen-bond acceptors (Lipinski definition) is 8. The van der Waals surface area contributed by atoms with E-state index in [1.807, 2.05) is 0 Å². The number of fused-ring (bicyclic) bond motifs is 1. The van der Waals surface area contributed by atoms with Crippen molar-refractivity contribution in [3.8, 4) is 5.75 Å². The zero-order valence-electron chi connectivity index (χ0n) is 11.2. The third-order valence-corrected chi connectivity index (χ3v) is 3.92. The summed E-state index contributed by atoms with van der Waals surface area (Å²) in [6, 6.07) is -1.04. The van der Waals surface area contributed by atoms with Crippen molar-refractivity contribution in [2.75, 3.05) is 31.8 Å². The van der Waals surface area contributed by atoms with Crippen molar-refractivity contribution in [3.05, 3.63) is 10.3 Å². The van der Waals surface area contributed by atoms with Gasteiger partial charge < -0.3 is 25.2 Å². The third-order valence-electron chi connectivity index (χ3n) is 2.93. The van der Waals surface area contributed by atoms with Crippen LogP contribution in [0, 0.1) is 0 Å². The number of thiophene rings is 1. The van der Waals surface area contributed by atoms with Crippen molar-refractivity contribution < 1.29 is 29.0 Å². The summed E-state index contributed by atoms with van der Waals surface area (Å²) in [5.41, 5.74) is 5.91. The maximum atomic E-state index is 12.0. The van der Waals surface area contributed by atoms with Gasteiger partial charge in [0.25, 0.3) is 5.91 Å². The van der Waals surface area contributed by atoms with Gasteiger partial charge in [0.1, 0.15) is 23.2 Å². The number of methoxy groups -OCH3 is 1. The molecule has 1 aliphatic rings. The Kier molecular flexibility index (Phi) is 4.56. The van der Waals surface area contributed by atoms with E-state index in [4.69, 9.17) is 15.6 Å². The Morgan fingerprint density at radius 3 is 2.95 bits per heavy atom. The number of ketones is 1. The molecule has 0 bridgehead atoms. The quantitative estimate of drug-likeness (QED) is 0.536. The molecule has 21 heavy (non-hydrogen) atoms. The van der Waals surface area contributed by atoms with E-state index in [1.165, 1.54) is 12.0 Å². The van der Waals surface area contributed by atoms with Crippen LogP contribution in [-0.2, 0) is 14.3 Å². The molecule has 1 aromatic heterocycles. The predicted octanol–water partition coefficient (Wildman–Crippen LogP) is -0.851. The van der Waals surface area contributed by atoms with Gasteiger partial charge >= 0.3 is 5.97 Å². The number of esters is 1. The van der Waals surface area contributed by atoms with Crippen LogP contribution >= 0.6 is 11.3 Å². The number of ether oxygens (including phenoxy) is 2. The first-order valence-electron chi connectivity index (χ1n) is 6.01. The van der Waals surface area contributed by atoms with Crippen molar-refractivity contribution in [2.45, 2.75) is 6.04 Å². The molecule has 114 valence electrons. The Hall–Kier alpha value is -1.97. The molecular weight excluding hydrogens is 300 g/mol. The summed E-state index contributed by atoms with van der Waals surface area (Å²) < 4.78 is 9.76. The topological polar surface area (TPSA) is 119 Å². The van der Waals surface area contributed by atoms with Crippen molar-refractivity contribution >= 4 is 34.7 Å². The standard InChI is InChI=1S/C12H14N2O6S/c1-19-12(18)6(13)2-14-9(17)4-20-8-5-21-11(10(8)14)7(16)3-15/h5-6,15H,2-4,13H2,1H3/t6-/m0/s1. The van der Waals surface area contributed by atoms with E-state index in [1.54, 1.807) is 5.38 Å². The van der Waals surface area contributed by atoms with E-state index in [9.17, 15) is 14.4 Å². The third kappa shape index (κ3) is 2.89. The number of nitrogens with two attached hydrogens (primary N) is 1. The van der Waals surface area contributed by atoms with E-state index >= 15 is 0 Å². The highest BCUT2D eigenvalue weighted by Gasteiger charge is 2.34. The Bertz CT molecular complexity index is 584. The second-order valence-corrected chi connectivity index (χ2v) is 5.16. The summed E-state index contributed by atoms with van der Waals surface area (Å²) in [6.07, 6.45) is 0. The Morgan fingerprint density at radius 1 is 1.62 bits per heavy atom. The molecule has 0 fully saturated rings. The van der Waals surface area contributed by atoms with Crippen LogP contribution in [0.2, 0.25) is 0 Å². The molecule has 3 N–H and O–H groups in total. The fraction of sp³-hybridized carbons (Fsp3) is 0.417. The van der Waals surface area contributed by atoms with E-state index in [0.29, 0.717) is 5.75 Å². The van der Waals surface area contributed by atoms with Gasteiger partial charge in [-0.2, -0.15) is 0 Å². The number of carbonyl (C=O) groups is 3. The minimum absolute atomic E-state index is 0.135. The Labute approximate surface area is 124 Å². The first-order chi connectivity index (χ1) is 9.99. The second-order valence-electron chi connectivity index (χ2n) is 4.28. The molecule has 0 spiro atoms. The minimum Gasteiger partial charge on any atom is -0.481 e. The lowest BCUT2D eigenvalue weighted by atomic mass is 10.2. The highest BCUT2D eigenvalue weighted by Crippen LogP contribution is 2.40. The molecule has 1 amide bonds. The number of nitrogens with zero attached hydrogens (tertiary/aromatic N) is 1. The van der Waals surface area contributed by atoms with E-state index in [2.05, 4.69) is 4.74 Å². The van der Waals surface area contributed by atoms with Gasteiger partial charge in [0, 0.05) is 5.38 Å². The number of rotatable bonds is 5. The highest BCUT2D eigenvalue weighted by atomic mass is 32.1. The molecule has 2 heterocycles. The zero-order valence-corrected chi connectivity index (χ0v) is 12.0. The average Bonchev–Trinajstić information content (AvgIpc) is 2.92. The first-order valence-corrected chi connectivity index (χ1v) is 6.89. The van der Waals surface area contributed by atoms with Crippen LogP contribution in [0.3, 0.4) is 0 Å². The van der Waals surface area contributed by atoms with Gasteiger partial charge in [0.05, 0.1) is 13.7 Å². The van der Waals surface area contributed by atoms with E-state index < -0.39 is 30.3 Å². The summed E-state index contributed by atoms with van der Waals surface area (Å²) >= 11 is 1.06. The number of Topliss-reactive ketones (excluding diaryl/α,β-unsaturated/α-hetero) is 1. The van der Waals surface area contributed by atoms with Crippen LogP contribution in [-0.4, -0.2) is 55.7 Å². The monoisotopic (exact) mass is 314 g/mol. The molecule has 9 heteroatoms. The lowest BCUT2D eigenvalue weighted by molar-refractivity contribution is -0.141. The average molecular weight is 314 g/mol.